The van der Waals surface area contributed by atoms with E-state index in [1.54, 1.807) is 17.0 Å². The van der Waals surface area contributed by atoms with Crippen molar-refractivity contribution in [2.24, 2.45) is 0 Å². The van der Waals surface area contributed by atoms with E-state index in [4.69, 9.17) is 8.92 Å². The molecule has 3 aromatic rings. The second-order valence-corrected chi connectivity index (χ2v) is 9.22. The van der Waals surface area contributed by atoms with E-state index in [1.807, 2.05) is 13.8 Å². The summed E-state index contributed by atoms with van der Waals surface area (Å²) in [5.74, 6) is -1.36. The van der Waals surface area contributed by atoms with Crippen LogP contribution in [0.1, 0.15) is 36.2 Å². The third kappa shape index (κ3) is 5.91. The summed E-state index contributed by atoms with van der Waals surface area (Å²) < 4.78 is 62.8. The van der Waals surface area contributed by atoms with Crippen molar-refractivity contribution < 1.29 is 30.9 Å². The third-order valence-electron chi connectivity index (χ3n) is 5.34. The van der Waals surface area contributed by atoms with Crippen molar-refractivity contribution in [3.8, 4) is 11.5 Å². The van der Waals surface area contributed by atoms with Crippen LogP contribution in [0.5, 0.6) is 11.5 Å². The first kappa shape index (κ1) is 25.2. The zero-order valence-corrected chi connectivity index (χ0v) is 19.8. The average molecular weight is 490 g/mol. The minimum atomic E-state index is -4.26. The largest absolute Gasteiger partial charge is 0.493 e. The van der Waals surface area contributed by atoms with Gasteiger partial charge in [-0.2, -0.15) is 8.42 Å². The average Bonchev–Trinajstić information content (AvgIpc) is 2.82. The van der Waals surface area contributed by atoms with E-state index < -0.39 is 21.8 Å². The third-order valence-corrected chi connectivity index (χ3v) is 6.59. The number of hydrogen-bond acceptors (Lipinski definition) is 5. The number of carbonyl (C=O) groups excluding carboxylic acids is 1. The van der Waals surface area contributed by atoms with Crippen LogP contribution in [0.4, 0.5) is 8.78 Å². The molecule has 3 aromatic carbocycles. The first-order valence-corrected chi connectivity index (χ1v) is 12.0. The molecular weight excluding hydrogens is 464 g/mol. The minimum absolute atomic E-state index is 0.0772. The van der Waals surface area contributed by atoms with Crippen LogP contribution in [0, 0.1) is 11.6 Å². The van der Waals surface area contributed by atoms with Crippen LogP contribution in [0.15, 0.2) is 71.6 Å². The Bertz CT molecular complexity index is 1260. The molecular formula is C25H25F2NO5S. The molecule has 180 valence electrons. The summed E-state index contributed by atoms with van der Waals surface area (Å²) in [5.41, 5.74) is 0.791. The summed E-state index contributed by atoms with van der Waals surface area (Å²) >= 11 is 0. The van der Waals surface area contributed by atoms with E-state index in [2.05, 4.69) is 0 Å². The minimum Gasteiger partial charge on any atom is -0.493 e. The van der Waals surface area contributed by atoms with Crippen LogP contribution < -0.4 is 8.92 Å². The highest BCUT2D eigenvalue weighted by atomic mass is 32.2. The molecule has 0 fully saturated rings. The van der Waals surface area contributed by atoms with Gasteiger partial charge in [0, 0.05) is 18.2 Å². The van der Waals surface area contributed by atoms with E-state index >= 15 is 0 Å². The Morgan fingerprint density at radius 2 is 1.68 bits per heavy atom. The highest BCUT2D eigenvalue weighted by Gasteiger charge is 2.23. The van der Waals surface area contributed by atoms with Gasteiger partial charge in [0.2, 0.25) is 0 Å². The Morgan fingerprint density at radius 1 is 0.971 bits per heavy atom. The quantitative estimate of drug-likeness (QED) is 0.387. The maximum absolute atomic E-state index is 13.7. The van der Waals surface area contributed by atoms with Gasteiger partial charge < -0.3 is 13.8 Å². The molecule has 9 heteroatoms. The van der Waals surface area contributed by atoms with Gasteiger partial charge in [0.25, 0.3) is 5.91 Å². The summed E-state index contributed by atoms with van der Waals surface area (Å²) in [5, 5.41) is 0. The first-order valence-electron chi connectivity index (χ1n) is 10.6. The molecule has 0 heterocycles. The fraction of sp³-hybridized carbons (Fsp3) is 0.240. The lowest BCUT2D eigenvalue weighted by Gasteiger charge is -2.29. The Kier molecular flexibility index (Phi) is 7.88. The number of rotatable bonds is 9. The van der Waals surface area contributed by atoms with Gasteiger partial charge in [-0.3, -0.25) is 4.79 Å². The smallest absolute Gasteiger partial charge is 0.339 e. The molecule has 0 radical (unpaired) electrons. The van der Waals surface area contributed by atoms with Crippen LogP contribution in [-0.4, -0.2) is 32.4 Å². The number of methoxy groups -OCH3 is 1. The van der Waals surface area contributed by atoms with Crippen LogP contribution in [0.2, 0.25) is 0 Å². The SMILES string of the molecule is CC[C@@H](C)N(Cc1ccc(OC)c(OS(=O)(=O)c2ccc(F)cc2)c1)C(=O)c1cccc(F)c1. The van der Waals surface area contributed by atoms with E-state index in [0.717, 1.165) is 24.3 Å². The molecule has 34 heavy (non-hydrogen) atoms. The van der Waals surface area contributed by atoms with Crippen molar-refractivity contribution in [1.82, 2.24) is 4.90 Å². The van der Waals surface area contributed by atoms with Crippen molar-refractivity contribution in [1.29, 1.82) is 0 Å². The number of hydrogen-bond donors (Lipinski definition) is 0. The summed E-state index contributed by atoms with van der Waals surface area (Å²) in [6.45, 7) is 3.92. The van der Waals surface area contributed by atoms with Gasteiger partial charge in [0.15, 0.2) is 11.5 Å². The van der Waals surface area contributed by atoms with Crippen LogP contribution in [-0.2, 0) is 16.7 Å². The first-order chi connectivity index (χ1) is 16.1. The molecule has 0 unspecified atom stereocenters. The van der Waals surface area contributed by atoms with E-state index in [1.165, 1.54) is 37.4 Å². The highest BCUT2D eigenvalue weighted by molar-refractivity contribution is 7.87. The van der Waals surface area contributed by atoms with Crippen LogP contribution in [0.25, 0.3) is 0 Å². The van der Waals surface area contributed by atoms with Crippen molar-refractivity contribution >= 4 is 16.0 Å². The molecule has 0 aliphatic rings. The standard InChI is InChI=1S/C25H25F2NO5S/c1-4-17(2)28(25(29)19-6-5-7-21(27)15-19)16-18-8-13-23(32-3)24(14-18)33-34(30,31)22-11-9-20(26)10-12-22/h5-15,17H,4,16H2,1-3H3/t17-/m1/s1. The van der Waals surface area contributed by atoms with Gasteiger partial charge in [-0.25, -0.2) is 8.78 Å². The Hall–Kier alpha value is -3.46. The second kappa shape index (κ2) is 10.6. The molecule has 0 spiro atoms. The second-order valence-electron chi connectivity index (χ2n) is 7.68. The van der Waals surface area contributed by atoms with Gasteiger partial charge >= 0.3 is 10.1 Å². The molecule has 0 aliphatic carbocycles. The summed E-state index contributed by atoms with van der Waals surface area (Å²) in [4.78, 5) is 14.5. The Labute approximate surface area is 197 Å². The van der Waals surface area contributed by atoms with Crippen molar-refractivity contribution in [2.75, 3.05) is 7.11 Å². The fourth-order valence-electron chi connectivity index (χ4n) is 3.28. The topological polar surface area (TPSA) is 72.9 Å². The Balaban J connectivity index is 1.92. The predicted molar refractivity (Wildman–Crippen MR) is 123 cm³/mol. The molecule has 3 rings (SSSR count). The Morgan fingerprint density at radius 3 is 2.29 bits per heavy atom. The van der Waals surface area contributed by atoms with Gasteiger partial charge in [-0.05, 0) is 73.5 Å². The summed E-state index contributed by atoms with van der Waals surface area (Å²) in [7, 11) is -2.90. The zero-order chi connectivity index (χ0) is 24.9. The van der Waals surface area contributed by atoms with Crippen molar-refractivity contribution in [3.63, 3.8) is 0 Å². The fourth-order valence-corrected chi connectivity index (χ4v) is 4.22. The number of carbonyl (C=O) groups is 1. The number of amides is 1. The van der Waals surface area contributed by atoms with Crippen LogP contribution >= 0.6 is 0 Å². The van der Waals surface area contributed by atoms with E-state index in [-0.39, 0.29) is 40.5 Å². The molecule has 0 N–H and O–H groups in total. The maximum Gasteiger partial charge on any atom is 0.339 e. The van der Waals surface area contributed by atoms with Gasteiger partial charge in [0.1, 0.15) is 16.5 Å². The monoisotopic (exact) mass is 489 g/mol. The van der Waals surface area contributed by atoms with Gasteiger partial charge in [-0.15, -0.1) is 0 Å². The van der Waals surface area contributed by atoms with Gasteiger partial charge in [0.05, 0.1) is 7.11 Å². The highest BCUT2D eigenvalue weighted by Crippen LogP contribution is 2.32. The normalized spacial score (nSPS) is 12.1. The summed E-state index contributed by atoms with van der Waals surface area (Å²) in [6, 6.07) is 14.2. The molecule has 1 atom stereocenters. The number of benzene rings is 3. The summed E-state index contributed by atoms with van der Waals surface area (Å²) in [6.07, 6.45) is 0.652. The maximum atomic E-state index is 13.7. The molecule has 0 saturated carbocycles. The lowest BCUT2D eigenvalue weighted by Crippen LogP contribution is -2.37. The number of halogens is 2. The van der Waals surface area contributed by atoms with Crippen molar-refractivity contribution in [2.45, 2.75) is 37.8 Å². The molecule has 0 aromatic heterocycles. The zero-order valence-electron chi connectivity index (χ0n) is 19.0. The van der Waals surface area contributed by atoms with Crippen molar-refractivity contribution in [3.05, 3.63) is 89.5 Å². The lowest BCUT2D eigenvalue weighted by atomic mass is 10.1. The number of nitrogens with zero attached hydrogens (tertiary/aromatic N) is 1. The van der Waals surface area contributed by atoms with Crippen LogP contribution in [0.3, 0.4) is 0 Å². The molecule has 0 bridgehead atoms. The molecule has 0 saturated heterocycles. The molecule has 0 aliphatic heterocycles. The van der Waals surface area contributed by atoms with E-state index in [0.29, 0.717) is 12.0 Å². The molecule has 6 nitrogen and oxygen atoms in total. The molecule has 1 amide bonds. The number of ether oxygens (including phenoxy) is 1. The van der Waals surface area contributed by atoms with E-state index in [9.17, 15) is 22.0 Å². The lowest BCUT2D eigenvalue weighted by molar-refractivity contribution is 0.0671. The van der Waals surface area contributed by atoms with Gasteiger partial charge in [-0.1, -0.05) is 19.1 Å². The predicted octanol–water partition coefficient (Wildman–Crippen LogP) is 5.18.